The second-order valence-electron chi connectivity index (χ2n) is 2.51. The zero-order valence-electron chi connectivity index (χ0n) is 7.11. The number of nitrogens with one attached hydrogen (secondary N) is 1. The molecular weight excluding hydrogens is 126 g/mol. The summed E-state index contributed by atoms with van der Waals surface area (Å²) in [6.07, 6.45) is 3.05. The van der Waals surface area contributed by atoms with E-state index in [4.69, 9.17) is 0 Å². The average molecular weight is 145 g/mol. The van der Waals surface area contributed by atoms with Crippen LogP contribution >= 0.6 is 0 Å². The Morgan fingerprint density at radius 1 is 1.60 bits per heavy atom. The molecule has 0 aromatic carbocycles. The van der Waals surface area contributed by atoms with Gasteiger partial charge in [0.05, 0.1) is 0 Å². The Morgan fingerprint density at radius 2 is 2.20 bits per heavy atom. The highest BCUT2D eigenvalue weighted by molar-refractivity contribution is 5.78. The number of hydrogen-bond acceptors (Lipinski definition) is 1. The molecular formula is C8H19NO. The lowest BCUT2D eigenvalue weighted by Gasteiger charge is -2.10. The molecule has 1 amide bonds. The highest BCUT2D eigenvalue weighted by Gasteiger charge is 2.12. The van der Waals surface area contributed by atoms with Crippen molar-refractivity contribution in [3.05, 3.63) is 0 Å². The van der Waals surface area contributed by atoms with Crippen LogP contribution in [0.4, 0.5) is 0 Å². The lowest BCUT2D eigenvalue weighted by atomic mass is 10.0. The maximum absolute atomic E-state index is 11.0. The summed E-state index contributed by atoms with van der Waals surface area (Å²) in [5.74, 6) is 0.416. The molecule has 0 spiro atoms. The number of rotatable bonds is 4. The van der Waals surface area contributed by atoms with Gasteiger partial charge in [-0.1, -0.05) is 20.3 Å². The van der Waals surface area contributed by atoms with Gasteiger partial charge in [0.1, 0.15) is 0 Å². The van der Waals surface area contributed by atoms with Crippen LogP contribution < -0.4 is 5.32 Å². The fourth-order valence-electron chi connectivity index (χ4n) is 1.07. The van der Waals surface area contributed by atoms with Crippen molar-refractivity contribution in [3.63, 3.8) is 0 Å². The van der Waals surface area contributed by atoms with Gasteiger partial charge in [0.2, 0.25) is 5.91 Å². The van der Waals surface area contributed by atoms with Gasteiger partial charge in [0.25, 0.3) is 0 Å². The quantitative estimate of drug-likeness (QED) is 0.642. The van der Waals surface area contributed by atoms with Crippen molar-refractivity contribution in [3.8, 4) is 0 Å². The van der Waals surface area contributed by atoms with Crippen LogP contribution in [-0.4, -0.2) is 13.0 Å². The Hall–Kier alpha value is -0.530. The molecule has 2 heteroatoms. The van der Waals surface area contributed by atoms with Gasteiger partial charge in [-0.25, -0.2) is 0 Å². The van der Waals surface area contributed by atoms with Crippen LogP contribution in [-0.2, 0) is 4.79 Å². The summed E-state index contributed by atoms with van der Waals surface area (Å²) in [6.45, 7) is 4.15. The Balaban J connectivity index is 0. The van der Waals surface area contributed by atoms with E-state index in [0.717, 1.165) is 19.3 Å². The highest BCUT2D eigenvalue weighted by Crippen LogP contribution is 2.09. The second kappa shape index (κ2) is 5.27. The van der Waals surface area contributed by atoms with Crippen LogP contribution in [0.2, 0.25) is 0 Å². The van der Waals surface area contributed by atoms with E-state index in [2.05, 4.69) is 19.2 Å². The maximum Gasteiger partial charge on any atom is 0.222 e. The SMILES string of the molecule is CCC[C@@H](CC)C(=O)NC.[HH]. The molecule has 0 radical (unpaired) electrons. The third kappa shape index (κ3) is 2.85. The third-order valence-corrected chi connectivity index (χ3v) is 1.75. The predicted octanol–water partition coefficient (Wildman–Crippen LogP) is 1.80. The maximum atomic E-state index is 11.0. The molecule has 0 bridgehead atoms. The van der Waals surface area contributed by atoms with Crippen LogP contribution in [0, 0.1) is 5.92 Å². The molecule has 0 aliphatic rings. The van der Waals surface area contributed by atoms with Crippen LogP contribution in [0.25, 0.3) is 0 Å². The van der Waals surface area contributed by atoms with Crippen molar-refractivity contribution >= 4 is 5.91 Å². The molecule has 0 rings (SSSR count). The molecule has 0 fully saturated rings. The number of amides is 1. The van der Waals surface area contributed by atoms with Gasteiger partial charge in [-0.05, 0) is 12.8 Å². The lowest BCUT2D eigenvalue weighted by Crippen LogP contribution is -2.26. The summed E-state index contributed by atoms with van der Waals surface area (Å²) in [7, 11) is 1.70. The van der Waals surface area contributed by atoms with Crippen molar-refractivity contribution in [2.75, 3.05) is 7.05 Å². The summed E-state index contributed by atoms with van der Waals surface area (Å²) in [4.78, 5) is 11.0. The van der Waals surface area contributed by atoms with Crippen LogP contribution in [0.15, 0.2) is 0 Å². The van der Waals surface area contributed by atoms with Crippen molar-refractivity contribution < 1.29 is 6.22 Å². The van der Waals surface area contributed by atoms with Gasteiger partial charge in [0.15, 0.2) is 0 Å². The fraction of sp³-hybridized carbons (Fsp3) is 0.875. The molecule has 62 valence electrons. The van der Waals surface area contributed by atoms with Crippen molar-refractivity contribution in [1.82, 2.24) is 5.32 Å². The minimum atomic E-state index is 0. The van der Waals surface area contributed by atoms with Crippen molar-refractivity contribution in [2.45, 2.75) is 33.1 Å². The number of carbonyl (C=O) groups is 1. The molecule has 0 aliphatic heterocycles. The largest absolute Gasteiger partial charge is 0.359 e. The fourth-order valence-corrected chi connectivity index (χ4v) is 1.07. The van der Waals surface area contributed by atoms with Crippen molar-refractivity contribution in [1.29, 1.82) is 0 Å². The Morgan fingerprint density at radius 3 is 2.50 bits per heavy atom. The highest BCUT2D eigenvalue weighted by atomic mass is 16.1. The molecule has 10 heavy (non-hydrogen) atoms. The zero-order chi connectivity index (χ0) is 7.98. The molecule has 1 atom stereocenters. The monoisotopic (exact) mass is 145 g/mol. The van der Waals surface area contributed by atoms with E-state index in [0.29, 0.717) is 0 Å². The van der Waals surface area contributed by atoms with E-state index in [-0.39, 0.29) is 13.3 Å². The van der Waals surface area contributed by atoms with E-state index in [1.807, 2.05) is 0 Å². The summed E-state index contributed by atoms with van der Waals surface area (Å²) in [5.41, 5.74) is 0. The Labute approximate surface area is 64.5 Å². The molecule has 0 saturated carbocycles. The second-order valence-corrected chi connectivity index (χ2v) is 2.51. The van der Waals surface area contributed by atoms with Crippen LogP contribution in [0.3, 0.4) is 0 Å². The summed E-state index contributed by atoms with van der Waals surface area (Å²) < 4.78 is 0. The first-order chi connectivity index (χ1) is 4.76. The topological polar surface area (TPSA) is 29.1 Å². The van der Waals surface area contributed by atoms with E-state index in [9.17, 15) is 4.79 Å². The molecule has 0 unspecified atom stereocenters. The van der Waals surface area contributed by atoms with Crippen LogP contribution in [0.1, 0.15) is 34.5 Å². The Bertz CT molecular complexity index is 106. The van der Waals surface area contributed by atoms with Gasteiger partial charge in [0, 0.05) is 14.4 Å². The molecule has 0 aliphatic carbocycles. The van der Waals surface area contributed by atoms with Gasteiger partial charge < -0.3 is 5.32 Å². The lowest BCUT2D eigenvalue weighted by molar-refractivity contribution is -0.124. The first kappa shape index (κ1) is 9.47. The Kier molecular flexibility index (Phi) is 4.99. The molecule has 0 saturated heterocycles. The molecule has 0 aromatic heterocycles. The van der Waals surface area contributed by atoms with Gasteiger partial charge >= 0.3 is 0 Å². The van der Waals surface area contributed by atoms with Crippen LogP contribution in [0.5, 0.6) is 0 Å². The first-order valence-electron chi connectivity index (χ1n) is 3.97. The smallest absolute Gasteiger partial charge is 0.222 e. The first-order valence-corrected chi connectivity index (χ1v) is 3.97. The van der Waals surface area contributed by atoms with E-state index in [1.54, 1.807) is 7.05 Å². The minimum Gasteiger partial charge on any atom is -0.359 e. The molecule has 0 heterocycles. The summed E-state index contributed by atoms with van der Waals surface area (Å²) in [6, 6.07) is 0. The minimum absolute atomic E-state index is 0. The number of hydrogen-bond donors (Lipinski definition) is 1. The predicted molar refractivity (Wildman–Crippen MR) is 44.9 cm³/mol. The van der Waals surface area contributed by atoms with E-state index < -0.39 is 0 Å². The van der Waals surface area contributed by atoms with Crippen molar-refractivity contribution in [2.24, 2.45) is 5.92 Å². The molecule has 0 aromatic rings. The summed E-state index contributed by atoms with van der Waals surface area (Å²) >= 11 is 0. The van der Waals surface area contributed by atoms with E-state index in [1.165, 1.54) is 0 Å². The van der Waals surface area contributed by atoms with Gasteiger partial charge in [-0.3, -0.25) is 4.79 Å². The third-order valence-electron chi connectivity index (χ3n) is 1.75. The number of carbonyl (C=O) groups excluding carboxylic acids is 1. The molecule has 2 nitrogen and oxygen atoms in total. The van der Waals surface area contributed by atoms with E-state index >= 15 is 0 Å². The zero-order valence-corrected chi connectivity index (χ0v) is 7.11. The normalized spacial score (nSPS) is 12.7. The van der Waals surface area contributed by atoms with Gasteiger partial charge in [-0.15, -0.1) is 0 Å². The summed E-state index contributed by atoms with van der Waals surface area (Å²) in [5, 5.41) is 2.66. The standard InChI is InChI=1S/C8H17NO.H2/c1-4-6-7(5-2)8(10)9-3;/h7H,4-6H2,1-3H3,(H,9,10);1H/t7-;/m1./s1. The average Bonchev–Trinajstić information content (AvgIpc) is 1.99. The molecule has 1 N–H and O–H groups in total. The van der Waals surface area contributed by atoms with Gasteiger partial charge in [-0.2, -0.15) is 0 Å².